The Hall–Kier alpha value is -3.65. The van der Waals surface area contributed by atoms with Crippen molar-refractivity contribution in [3.05, 3.63) is 96.1 Å². The molecule has 8 heteroatoms. The minimum absolute atomic E-state index is 0.121. The van der Waals surface area contributed by atoms with E-state index in [9.17, 15) is 9.18 Å². The zero-order chi connectivity index (χ0) is 21.6. The maximum absolute atomic E-state index is 13.8. The number of nitrogen functional groups attached to an aromatic ring is 1. The predicted molar refractivity (Wildman–Crippen MR) is 121 cm³/mol. The van der Waals surface area contributed by atoms with Crippen LogP contribution in [0.3, 0.4) is 0 Å². The van der Waals surface area contributed by atoms with Gasteiger partial charge in [-0.15, -0.1) is 10.2 Å². The average molecular weight is 434 g/mol. The molecule has 0 unspecified atom stereocenters. The summed E-state index contributed by atoms with van der Waals surface area (Å²) in [5.74, 6) is 6.06. The van der Waals surface area contributed by atoms with E-state index in [1.54, 1.807) is 18.2 Å². The Bertz CT molecular complexity index is 1180. The molecule has 4 rings (SSSR count). The number of carbonyl (C=O) groups excluding carboxylic acids is 1. The number of hydrogen-bond donors (Lipinski definition) is 2. The summed E-state index contributed by atoms with van der Waals surface area (Å²) in [4.78, 5) is 12.3. The first-order valence-corrected chi connectivity index (χ1v) is 10.6. The van der Waals surface area contributed by atoms with Crippen molar-refractivity contribution in [2.24, 2.45) is 0 Å². The fourth-order valence-electron chi connectivity index (χ4n) is 3.04. The average Bonchev–Trinajstić information content (AvgIpc) is 3.14. The van der Waals surface area contributed by atoms with E-state index in [2.05, 4.69) is 15.5 Å². The van der Waals surface area contributed by atoms with Crippen LogP contribution >= 0.6 is 11.8 Å². The Morgan fingerprint density at radius 2 is 1.61 bits per heavy atom. The van der Waals surface area contributed by atoms with Crippen molar-refractivity contribution in [3.63, 3.8) is 0 Å². The number of amides is 1. The van der Waals surface area contributed by atoms with E-state index < -0.39 is 0 Å². The zero-order valence-electron chi connectivity index (χ0n) is 16.5. The van der Waals surface area contributed by atoms with Crippen LogP contribution in [-0.4, -0.2) is 26.5 Å². The third kappa shape index (κ3) is 5.10. The summed E-state index contributed by atoms with van der Waals surface area (Å²) in [5.41, 5.74) is 3.38. The van der Waals surface area contributed by atoms with Crippen LogP contribution in [0.4, 0.5) is 10.1 Å². The molecule has 1 aromatic heterocycles. The lowest BCUT2D eigenvalue weighted by Gasteiger charge is -2.07. The molecule has 0 aliphatic rings. The zero-order valence-corrected chi connectivity index (χ0v) is 17.3. The van der Waals surface area contributed by atoms with E-state index in [1.807, 2.05) is 54.6 Å². The Morgan fingerprint density at radius 3 is 2.35 bits per heavy atom. The summed E-state index contributed by atoms with van der Waals surface area (Å²) in [6, 6.07) is 24.1. The molecule has 4 aromatic rings. The van der Waals surface area contributed by atoms with Crippen molar-refractivity contribution in [1.82, 2.24) is 14.9 Å². The summed E-state index contributed by atoms with van der Waals surface area (Å²) in [6.45, 7) is 0. The lowest BCUT2D eigenvalue weighted by molar-refractivity contribution is -0.113. The molecule has 0 aliphatic heterocycles. The first kappa shape index (κ1) is 20.6. The van der Waals surface area contributed by atoms with Gasteiger partial charge in [-0.1, -0.05) is 72.4 Å². The topological polar surface area (TPSA) is 85.8 Å². The second-order valence-corrected chi connectivity index (χ2v) is 7.76. The van der Waals surface area contributed by atoms with Gasteiger partial charge in [-0.05, 0) is 34.9 Å². The molecule has 0 atom stereocenters. The lowest BCUT2D eigenvalue weighted by Crippen LogP contribution is -2.17. The summed E-state index contributed by atoms with van der Waals surface area (Å²) in [7, 11) is 0. The van der Waals surface area contributed by atoms with Crippen molar-refractivity contribution in [1.29, 1.82) is 0 Å². The molecule has 0 fully saturated rings. The predicted octanol–water partition coefficient (Wildman–Crippen LogP) is 4.12. The molecule has 31 heavy (non-hydrogen) atoms. The highest BCUT2D eigenvalue weighted by atomic mass is 32.2. The van der Waals surface area contributed by atoms with E-state index in [0.29, 0.717) is 22.2 Å². The summed E-state index contributed by atoms with van der Waals surface area (Å²) in [6.07, 6.45) is 0.219. The molecular formula is C23H20FN5OS. The molecule has 156 valence electrons. The van der Waals surface area contributed by atoms with Crippen LogP contribution in [0.1, 0.15) is 11.4 Å². The third-order valence-corrected chi connectivity index (χ3v) is 5.59. The van der Waals surface area contributed by atoms with Gasteiger partial charge in [0.1, 0.15) is 5.82 Å². The minimum Gasteiger partial charge on any atom is -0.336 e. The second-order valence-electron chi connectivity index (χ2n) is 6.82. The van der Waals surface area contributed by atoms with Crippen molar-refractivity contribution >= 4 is 23.4 Å². The van der Waals surface area contributed by atoms with Gasteiger partial charge in [-0.2, -0.15) is 0 Å². The normalized spacial score (nSPS) is 10.7. The maximum Gasteiger partial charge on any atom is 0.234 e. The number of nitrogens with one attached hydrogen (secondary N) is 1. The first-order chi connectivity index (χ1) is 15.1. The molecule has 0 saturated carbocycles. The van der Waals surface area contributed by atoms with Gasteiger partial charge in [-0.3, -0.25) is 4.79 Å². The number of thioether (sulfide) groups is 1. The van der Waals surface area contributed by atoms with E-state index in [4.69, 9.17) is 5.84 Å². The molecule has 0 saturated heterocycles. The third-order valence-electron chi connectivity index (χ3n) is 4.65. The van der Waals surface area contributed by atoms with Crippen LogP contribution < -0.4 is 11.2 Å². The summed E-state index contributed by atoms with van der Waals surface area (Å²) >= 11 is 1.17. The Morgan fingerprint density at radius 1 is 0.935 bits per heavy atom. The highest BCUT2D eigenvalue weighted by molar-refractivity contribution is 7.99. The van der Waals surface area contributed by atoms with Crippen LogP contribution in [-0.2, 0) is 11.2 Å². The highest BCUT2D eigenvalue weighted by Crippen LogP contribution is 2.22. The molecule has 0 radical (unpaired) electrons. The smallest absolute Gasteiger partial charge is 0.234 e. The largest absolute Gasteiger partial charge is 0.336 e. The second kappa shape index (κ2) is 9.44. The fraction of sp³-hybridized carbons (Fsp3) is 0.0870. The fourth-order valence-corrected chi connectivity index (χ4v) is 3.72. The molecule has 0 aliphatic carbocycles. The molecule has 6 nitrogen and oxygen atoms in total. The quantitative estimate of drug-likeness (QED) is 0.338. The molecule has 1 heterocycles. The van der Waals surface area contributed by atoms with Gasteiger partial charge in [0.15, 0.2) is 5.82 Å². The van der Waals surface area contributed by atoms with Gasteiger partial charge in [0, 0.05) is 12.1 Å². The van der Waals surface area contributed by atoms with Crippen molar-refractivity contribution < 1.29 is 9.18 Å². The first-order valence-electron chi connectivity index (χ1n) is 9.61. The minimum atomic E-state index is -0.322. The number of carbonyl (C=O) groups is 1. The Kier molecular flexibility index (Phi) is 6.28. The number of nitrogens with zero attached hydrogens (tertiary/aromatic N) is 3. The molecule has 1 amide bonds. The maximum atomic E-state index is 13.8. The van der Waals surface area contributed by atoms with Crippen molar-refractivity contribution in [2.45, 2.75) is 11.6 Å². The monoisotopic (exact) mass is 433 g/mol. The molecule has 3 aromatic carbocycles. The van der Waals surface area contributed by atoms with Crippen molar-refractivity contribution in [3.8, 4) is 11.1 Å². The molecule has 3 N–H and O–H groups in total. The number of halogens is 1. The van der Waals surface area contributed by atoms with E-state index in [-0.39, 0.29) is 23.9 Å². The SMILES string of the molecule is Nn1c(Cc2ccccc2F)nnc1SCC(=O)Nc1ccc(-c2ccccc2)cc1. The van der Waals surface area contributed by atoms with Gasteiger partial charge in [0.05, 0.1) is 5.75 Å². The molecule has 0 spiro atoms. The van der Waals surface area contributed by atoms with E-state index in [0.717, 1.165) is 11.1 Å². The molecule has 0 bridgehead atoms. The van der Waals surface area contributed by atoms with Gasteiger partial charge in [-0.25, -0.2) is 9.07 Å². The van der Waals surface area contributed by atoms with Crippen LogP contribution in [0.25, 0.3) is 11.1 Å². The van der Waals surface area contributed by atoms with Gasteiger partial charge in [0.2, 0.25) is 11.1 Å². The number of hydrogen-bond acceptors (Lipinski definition) is 5. The Balaban J connectivity index is 1.33. The van der Waals surface area contributed by atoms with E-state index >= 15 is 0 Å². The number of aromatic nitrogens is 3. The van der Waals surface area contributed by atoms with Crippen LogP contribution in [0.5, 0.6) is 0 Å². The number of benzene rings is 3. The summed E-state index contributed by atoms with van der Waals surface area (Å²) in [5, 5.41) is 11.3. The summed E-state index contributed by atoms with van der Waals surface area (Å²) < 4.78 is 15.1. The highest BCUT2D eigenvalue weighted by Gasteiger charge is 2.14. The number of rotatable bonds is 7. The number of nitrogens with two attached hydrogens (primary N) is 1. The van der Waals surface area contributed by atoms with Crippen LogP contribution in [0, 0.1) is 5.82 Å². The lowest BCUT2D eigenvalue weighted by atomic mass is 10.1. The van der Waals surface area contributed by atoms with Gasteiger partial charge in [0.25, 0.3) is 0 Å². The van der Waals surface area contributed by atoms with Crippen LogP contribution in [0.2, 0.25) is 0 Å². The number of anilines is 1. The Labute approximate surface area is 183 Å². The van der Waals surface area contributed by atoms with Crippen molar-refractivity contribution in [2.75, 3.05) is 16.9 Å². The van der Waals surface area contributed by atoms with Gasteiger partial charge >= 0.3 is 0 Å². The van der Waals surface area contributed by atoms with E-state index in [1.165, 1.54) is 22.5 Å². The van der Waals surface area contributed by atoms with Crippen LogP contribution in [0.15, 0.2) is 84.0 Å². The molecular weight excluding hydrogens is 413 g/mol. The van der Waals surface area contributed by atoms with Gasteiger partial charge < -0.3 is 11.2 Å². The standard InChI is InChI=1S/C23H20FN5OS/c24-20-9-5-4-8-18(20)14-21-27-28-23(29(21)25)31-15-22(30)26-19-12-10-17(11-13-19)16-6-2-1-3-7-16/h1-13H,14-15,25H2,(H,26,30).